The Morgan fingerprint density at radius 1 is 1.04 bits per heavy atom. The maximum Gasteiger partial charge on any atom is 0.255 e. The van der Waals surface area contributed by atoms with Crippen molar-refractivity contribution in [3.05, 3.63) is 64.1 Å². The molecular weight excluding hydrogens is 321 g/mol. The Bertz CT molecular complexity index is 1020. The van der Waals surface area contributed by atoms with Gasteiger partial charge in [0.05, 0.1) is 0 Å². The van der Waals surface area contributed by atoms with Gasteiger partial charge in [-0.2, -0.15) is 0 Å². The maximum absolute atomic E-state index is 14.0. The highest BCUT2D eigenvalue weighted by atomic mass is 19.1. The first kappa shape index (κ1) is 16.7. The second-order valence-electron chi connectivity index (χ2n) is 6.08. The van der Waals surface area contributed by atoms with Crippen molar-refractivity contribution in [1.82, 2.24) is 4.98 Å². The van der Waals surface area contributed by atoms with Crippen LogP contribution in [0.3, 0.4) is 0 Å². The Hall–Kier alpha value is -3.15. The molecule has 6 heteroatoms. The number of nitrogens with two attached hydrogens (primary N) is 1. The van der Waals surface area contributed by atoms with Crippen LogP contribution in [0.4, 0.5) is 10.1 Å². The number of H-pyrrole nitrogens is 1. The van der Waals surface area contributed by atoms with Crippen LogP contribution < -0.4 is 11.1 Å². The number of primary amides is 1. The number of aromatic amines is 1. The van der Waals surface area contributed by atoms with Crippen LogP contribution in [-0.4, -0.2) is 16.8 Å². The molecule has 0 saturated heterocycles. The summed E-state index contributed by atoms with van der Waals surface area (Å²) in [5.74, 6) is -1.74. The first-order valence-electron chi connectivity index (χ1n) is 7.78. The number of hydrogen-bond donors (Lipinski definition) is 3. The number of anilines is 1. The van der Waals surface area contributed by atoms with Gasteiger partial charge in [0.2, 0.25) is 5.91 Å². The minimum absolute atomic E-state index is 0.00551. The van der Waals surface area contributed by atoms with Crippen LogP contribution >= 0.6 is 0 Å². The van der Waals surface area contributed by atoms with E-state index in [0.29, 0.717) is 5.56 Å². The molecule has 2 amide bonds. The molecule has 0 fully saturated rings. The van der Waals surface area contributed by atoms with Crippen molar-refractivity contribution in [3.63, 3.8) is 0 Å². The van der Waals surface area contributed by atoms with Crippen LogP contribution in [0.25, 0.3) is 10.9 Å². The molecule has 0 spiro atoms. The van der Waals surface area contributed by atoms with Crippen molar-refractivity contribution < 1.29 is 14.0 Å². The largest absolute Gasteiger partial charge is 0.366 e. The van der Waals surface area contributed by atoms with E-state index in [0.717, 1.165) is 28.2 Å². The number of hydrogen-bond acceptors (Lipinski definition) is 2. The lowest BCUT2D eigenvalue weighted by atomic mass is 10.1. The molecule has 4 N–H and O–H groups in total. The minimum atomic E-state index is -0.755. The zero-order chi connectivity index (χ0) is 18.3. The second-order valence-corrected chi connectivity index (χ2v) is 6.08. The highest BCUT2D eigenvalue weighted by Crippen LogP contribution is 2.24. The molecule has 5 nitrogen and oxygen atoms in total. The van der Waals surface area contributed by atoms with Gasteiger partial charge in [-0.3, -0.25) is 9.59 Å². The fraction of sp³-hybridized carbons (Fsp3) is 0.158. The Morgan fingerprint density at radius 2 is 1.76 bits per heavy atom. The zero-order valence-corrected chi connectivity index (χ0v) is 14.2. The fourth-order valence-electron chi connectivity index (χ4n) is 2.75. The summed E-state index contributed by atoms with van der Waals surface area (Å²) in [5, 5.41) is 3.61. The Kier molecular flexibility index (Phi) is 4.04. The lowest BCUT2D eigenvalue weighted by molar-refractivity contribution is 0.0995. The predicted molar refractivity (Wildman–Crippen MR) is 95.4 cm³/mol. The number of fused-ring (bicyclic) bond motifs is 1. The van der Waals surface area contributed by atoms with Crippen LogP contribution in [-0.2, 0) is 0 Å². The van der Waals surface area contributed by atoms with Crippen molar-refractivity contribution in [1.29, 1.82) is 0 Å². The van der Waals surface area contributed by atoms with Crippen LogP contribution in [0.1, 0.15) is 37.5 Å². The minimum Gasteiger partial charge on any atom is -0.366 e. The SMILES string of the molecule is Cc1[nH]c2ccc(C(=O)Nc3cc(C(N)=O)cc(F)c3C)cc2c1C. The summed E-state index contributed by atoms with van der Waals surface area (Å²) in [5.41, 5.74) is 9.18. The number of nitrogens with one attached hydrogen (secondary N) is 2. The Balaban J connectivity index is 1.97. The molecule has 0 aliphatic heterocycles. The maximum atomic E-state index is 14.0. The van der Waals surface area contributed by atoms with Gasteiger partial charge < -0.3 is 16.0 Å². The fourth-order valence-corrected chi connectivity index (χ4v) is 2.75. The lowest BCUT2D eigenvalue weighted by Gasteiger charge is -2.11. The average Bonchev–Trinajstić information content (AvgIpc) is 2.85. The molecule has 2 aromatic carbocycles. The van der Waals surface area contributed by atoms with Crippen molar-refractivity contribution >= 4 is 28.4 Å². The summed E-state index contributed by atoms with van der Waals surface area (Å²) in [7, 11) is 0. The van der Waals surface area contributed by atoms with Gasteiger partial charge in [-0.15, -0.1) is 0 Å². The van der Waals surface area contributed by atoms with E-state index in [-0.39, 0.29) is 22.7 Å². The third kappa shape index (κ3) is 2.98. The summed E-state index contributed by atoms with van der Waals surface area (Å²) in [6.07, 6.45) is 0. The van der Waals surface area contributed by atoms with Crippen molar-refractivity contribution in [3.8, 4) is 0 Å². The lowest BCUT2D eigenvalue weighted by Crippen LogP contribution is -2.16. The molecular formula is C19H18FN3O2. The standard InChI is InChI=1S/C19H18FN3O2/c1-9-11(3)22-16-5-4-12(6-14(9)16)19(25)23-17-8-13(18(21)24)7-15(20)10(17)2/h4-8,22H,1-3H3,(H2,21,24)(H,23,25). The molecule has 0 bridgehead atoms. The van der Waals surface area contributed by atoms with Gasteiger partial charge in [0.15, 0.2) is 0 Å². The summed E-state index contributed by atoms with van der Waals surface area (Å²) >= 11 is 0. The molecule has 0 atom stereocenters. The van der Waals surface area contributed by atoms with Gasteiger partial charge in [0.25, 0.3) is 5.91 Å². The zero-order valence-electron chi connectivity index (χ0n) is 14.2. The molecule has 1 aromatic heterocycles. The predicted octanol–water partition coefficient (Wildman–Crippen LogP) is 3.58. The second kappa shape index (κ2) is 6.05. The van der Waals surface area contributed by atoms with E-state index >= 15 is 0 Å². The van der Waals surface area contributed by atoms with Crippen LogP contribution in [0.2, 0.25) is 0 Å². The normalized spacial score (nSPS) is 10.9. The molecule has 0 aliphatic carbocycles. The molecule has 128 valence electrons. The molecule has 0 aliphatic rings. The highest BCUT2D eigenvalue weighted by Gasteiger charge is 2.15. The third-order valence-electron chi connectivity index (χ3n) is 4.45. The number of carbonyl (C=O) groups is 2. The summed E-state index contributed by atoms with van der Waals surface area (Å²) in [6, 6.07) is 7.75. The van der Waals surface area contributed by atoms with E-state index in [1.54, 1.807) is 12.1 Å². The molecule has 25 heavy (non-hydrogen) atoms. The van der Waals surface area contributed by atoms with Crippen molar-refractivity contribution in [2.24, 2.45) is 5.73 Å². The highest BCUT2D eigenvalue weighted by molar-refractivity contribution is 6.07. The molecule has 0 unspecified atom stereocenters. The summed E-state index contributed by atoms with van der Waals surface area (Å²) in [4.78, 5) is 27.1. The monoisotopic (exact) mass is 339 g/mol. The van der Waals surface area contributed by atoms with Crippen LogP contribution in [0, 0.1) is 26.6 Å². The summed E-state index contributed by atoms with van der Waals surface area (Å²) in [6.45, 7) is 5.47. The van der Waals surface area contributed by atoms with Gasteiger partial charge in [0, 0.05) is 39.0 Å². The van der Waals surface area contributed by atoms with E-state index in [4.69, 9.17) is 5.73 Å². The number of halogens is 1. The van der Waals surface area contributed by atoms with E-state index in [9.17, 15) is 14.0 Å². The summed E-state index contributed by atoms with van der Waals surface area (Å²) < 4.78 is 14.0. The topological polar surface area (TPSA) is 88.0 Å². The number of aromatic nitrogens is 1. The first-order chi connectivity index (χ1) is 11.8. The quantitative estimate of drug-likeness (QED) is 0.681. The van der Waals surface area contributed by atoms with Gasteiger partial charge in [-0.25, -0.2) is 4.39 Å². The molecule has 0 radical (unpaired) electrons. The Labute approximate surface area is 144 Å². The van der Waals surface area contributed by atoms with E-state index in [1.165, 1.54) is 13.0 Å². The number of benzene rings is 2. The van der Waals surface area contributed by atoms with Gasteiger partial charge in [-0.1, -0.05) is 0 Å². The number of rotatable bonds is 3. The first-order valence-corrected chi connectivity index (χ1v) is 7.78. The third-order valence-corrected chi connectivity index (χ3v) is 4.45. The number of amides is 2. The Morgan fingerprint density at radius 3 is 2.44 bits per heavy atom. The van der Waals surface area contributed by atoms with Crippen molar-refractivity contribution in [2.75, 3.05) is 5.32 Å². The molecule has 1 heterocycles. The number of carbonyl (C=O) groups excluding carboxylic acids is 2. The molecule has 3 aromatic rings. The molecule has 3 rings (SSSR count). The van der Waals surface area contributed by atoms with Gasteiger partial charge in [-0.05, 0) is 56.7 Å². The van der Waals surface area contributed by atoms with E-state index in [2.05, 4.69) is 10.3 Å². The van der Waals surface area contributed by atoms with Crippen molar-refractivity contribution in [2.45, 2.75) is 20.8 Å². The number of aryl methyl sites for hydroxylation is 2. The van der Waals surface area contributed by atoms with Crippen LogP contribution in [0.15, 0.2) is 30.3 Å². The smallest absolute Gasteiger partial charge is 0.255 e. The van der Waals surface area contributed by atoms with E-state index in [1.807, 2.05) is 19.9 Å². The van der Waals surface area contributed by atoms with Gasteiger partial charge in [0.1, 0.15) is 5.82 Å². The molecule has 0 saturated carbocycles. The van der Waals surface area contributed by atoms with E-state index < -0.39 is 11.7 Å². The van der Waals surface area contributed by atoms with Gasteiger partial charge >= 0.3 is 0 Å². The average molecular weight is 339 g/mol. The van der Waals surface area contributed by atoms with Crippen LogP contribution in [0.5, 0.6) is 0 Å².